The van der Waals surface area contributed by atoms with Gasteiger partial charge in [-0.15, -0.1) is 12.4 Å². The fourth-order valence-electron chi connectivity index (χ4n) is 1.32. The van der Waals surface area contributed by atoms with Crippen LogP contribution in [0.15, 0.2) is 0 Å². The first-order valence-electron chi connectivity index (χ1n) is 3.92. The SMILES string of the molecule is Cl.N[C@H](C1CCCOC1)C(F)(F)F. The van der Waals surface area contributed by atoms with E-state index >= 15 is 0 Å². The number of rotatable bonds is 1. The molecule has 1 saturated heterocycles. The molecule has 80 valence electrons. The minimum atomic E-state index is -4.29. The van der Waals surface area contributed by atoms with E-state index in [1.165, 1.54) is 0 Å². The molecule has 0 bridgehead atoms. The fraction of sp³-hybridized carbons (Fsp3) is 1.00. The Morgan fingerprint density at radius 3 is 2.38 bits per heavy atom. The van der Waals surface area contributed by atoms with Crippen LogP contribution in [0, 0.1) is 5.92 Å². The summed E-state index contributed by atoms with van der Waals surface area (Å²) in [6.45, 7) is 0.696. The second-order valence-corrected chi connectivity index (χ2v) is 3.04. The maximum Gasteiger partial charge on any atom is 0.403 e. The molecule has 0 saturated carbocycles. The Morgan fingerprint density at radius 1 is 1.38 bits per heavy atom. The highest BCUT2D eigenvalue weighted by Crippen LogP contribution is 2.28. The Morgan fingerprint density at radius 2 is 2.00 bits per heavy atom. The first kappa shape index (κ1) is 13.0. The van der Waals surface area contributed by atoms with Gasteiger partial charge in [0.1, 0.15) is 6.04 Å². The van der Waals surface area contributed by atoms with Gasteiger partial charge in [0.2, 0.25) is 0 Å². The van der Waals surface area contributed by atoms with E-state index in [1.54, 1.807) is 0 Å². The van der Waals surface area contributed by atoms with Crippen LogP contribution in [0.1, 0.15) is 12.8 Å². The van der Waals surface area contributed by atoms with Crippen molar-refractivity contribution < 1.29 is 17.9 Å². The highest BCUT2D eigenvalue weighted by atomic mass is 35.5. The zero-order valence-corrected chi connectivity index (χ0v) is 7.83. The van der Waals surface area contributed by atoms with Gasteiger partial charge in [0.05, 0.1) is 6.61 Å². The van der Waals surface area contributed by atoms with Gasteiger partial charge in [0.25, 0.3) is 0 Å². The number of alkyl halides is 3. The summed E-state index contributed by atoms with van der Waals surface area (Å²) in [5.41, 5.74) is 5.02. The average molecular weight is 220 g/mol. The third-order valence-electron chi connectivity index (χ3n) is 2.08. The van der Waals surface area contributed by atoms with Crippen LogP contribution in [-0.2, 0) is 4.74 Å². The van der Waals surface area contributed by atoms with Gasteiger partial charge in [-0.25, -0.2) is 0 Å². The van der Waals surface area contributed by atoms with E-state index in [0.29, 0.717) is 19.4 Å². The van der Waals surface area contributed by atoms with E-state index in [4.69, 9.17) is 10.5 Å². The Hall–Kier alpha value is -0.0000000000000000555. The molecular formula is C7H13ClF3NO. The molecule has 1 aliphatic heterocycles. The molecule has 1 aliphatic rings. The van der Waals surface area contributed by atoms with Gasteiger partial charge in [-0.2, -0.15) is 13.2 Å². The fourth-order valence-corrected chi connectivity index (χ4v) is 1.32. The summed E-state index contributed by atoms with van der Waals surface area (Å²) < 4.78 is 41.1. The van der Waals surface area contributed by atoms with Gasteiger partial charge in [-0.05, 0) is 12.8 Å². The van der Waals surface area contributed by atoms with Crippen molar-refractivity contribution in [3.8, 4) is 0 Å². The first-order valence-corrected chi connectivity index (χ1v) is 3.92. The van der Waals surface area contributed by atoms with Crippen LogP contribution in [0.25, 0.3) is 0 Å². The minimum absolute atomic E-state index is 0. The zero-order chi connectivity index (χ0) is 9.19. The summed E-state index contributed by atoms with van der Waals surface area (Å²) in [5, 5.41) is 0. The number of nitrogens with two attached hydrogens (primary N) is 1. The van der Waals surface area contributed by atoms with Crippen LogP contribution < -0.4 is 5.73 Å². The molecule has 2 N–H and O–H groups in total. The summed E-state index contributed by atoms with van der Waals surface area (Å²) in [5.74, 6) is -0.557. The molecule has 1 fully saturated rings. The molecule has 0 aromatic heterocycles. The van der Waals surface area contributed by atoms with Crippen LogP contribution in [0.3, 0.4) is 0 Å². The smallest absolute Gasteiger partial charge is 0.381 e. The maximum atomic E-state index is 12.1. The summed E-state index contributed by atoms with van der Waals surface area (Å²) in [6.07, 6.45) is -3.10. The van der Waals surface area contributed by atoms with E-state index in [9.17, 15) is 13.2 Å². The van der Waals surface area contributed by atoms with Gasteiger partial charge >= 0.3 is 6.18 Å². The van der Waals surface area contributed by atoms with Crippen LogP contribution in [0.5, 0.6) is 0 Å². The quantitative estimate of drug-likeness (QED) is 0.729. The van der Waals surface area contributed by atoms with Crippen LogP contribution in [-0.4, -0.2) is 25.4 Å². The minimum Gasteiger partial charge on any atom is -0.381 e. The third-order valence-corrected chi connectivity index (χ3v) is 2.08. The Balaban J connectivity index is 0.00000144. The number of hydrogen-bond donors (Lipinski definition) is 1. The maximum absolute atomic E-state index is 12.1. The molecule has 0 radical (unpaired) electrons. The lowest BCUT2D eigenvalue weighted by atomic mass is 9.94. The van der Waals surface area contributed by atoms with Crippen LogP contribution >= 0.6 is 12.4 Å². The van der Waals surface area contributed by atoms with Gasteiger partial charge in [0.15, 0.2) is 0 Å². The second-order valence-electron chi connectivity index (χ2n) is 3.04. The van der Waals surface area contributed by atoms with E-state index in [0.717, 1.165) is 0 Å². The zero-order valence-electron chi connectivity index (χ0n) is 7.01. The van der Waals surface area contributed by atoms with E-state index in [1.807, 2.05) is 0 Å². The number of ether oxygens (including phenoxy) is 1. The van der Waals surface area contributed by atoms with Gasteiger partial charge in [0, 0.05) is 12.5 Å². The van der Waals surface area contributed by atoms with Gasteiger partial charge in [-0.3, -0.25) is 0 Å². The van der Waals surface area contributed by atoms with Crippen molar-refractivity contribution in [3.05, 3.63) is 0 Å². The van der Waals surface area contributed by atoms with Gasteiger partial charge < -0.3 is 10.5 Å². The van der Waals surface area contributed by atoms with Crippen molar-refractivity contribution in [2.24, 2.45) is 11.7 Å². The first-order chi connectivity index (χ1) is 5.52. The molecule has 0 amide bonds. The summed E-state index contributed by atoms with van der Waals surface area (Å²) in [6, 6.07) is -1.72. The molecule has 1 heterocycles. The van der Waals surface area contributed by atoms with E-state index in [-0.39, 0.29) is 19.0 Å². The van der Waals surface area contributed by atoms with Crippen molar-refractivity contribution in [3.63, 3.8) is 0 Å². The third kappa shape index (κ3) is 3.70. The Bertz CT molecular complexity index is 147. The van der Waals surface area contributed by atoms with E-state index < -0.39 is 18.1 Å². The molecule has 13 heavy (non-hydrogen) atoms. The topological polar surface area (TPSA) is 35.2 Å². The summed E-state index contributed by atoms with van der Waals surface area (Å²) in [7, 11) is 0. The summed E-state index contributed by atoms with van der Waals surface area (Å²) in [4.78, 5) is 0. The van der Waals surface area contributed by atoms with E-state index in [2.05, 4.69) is 0 Å². The number of halogens is 4. The molecule has 1 rings (SSSR count). The van der Waals surface area contributed by atoms with Crippen LogP contribution in [0.4, 0.5) is 13.2 Å². The lowest BCUT2D eigenvalue weighted by molar-refractivity contribution is -0.167. The van der Waals surface area contributed by atoms with Crippen LogP contribution in [0.2, 0.25) is 0 Å². The van der Waals surface area contributed by atoms with Crippen molar-refractivity contribution in [1.29, 1.82) is 0 Å². The monoisotopic (exact) mass is 219 g/mol. The largest absolute Gasteiger partial charge is 0.403 e. The van der Waals surface area contributed by atoms with Crippen molar-refractivity contribution in [1.82, 2.24) is 0 Å². The number of hydrogen-bond acceptors (Lipinski definition) is 2. The van der Waals surface area contributed by atoms with Gasteiger partial charge in [-0.1, -0.05) is 0 Å². The average Bonchev–Trinajstić information content (AvgIpc) is 2.03. The van der Waals surface area contributed by atoms with Crippen molar-refractivity contribution >= 4 is 12.4 Å². The molecule has 1 unspecified atom stereocenters. The standard InChI is InChI=1S/C7H12F3NO.ClH/c8-7(9,10)6(11)5-2-1-3-12-4-5;/h5-6H,1-4,11H2;1H/t5?,6-;/m1./s1. The lowest BCUT2D eigenvalue weighted by Crippen LogP contribution is -2.46. The molecule has 6 heteroatoms. The molecular weight excluding hydrogens is 207 g/mol. The summed E-state index contributed by atoms with van der Waals surface area (Å²) >= 11 is 0. The Labute approximate surface area is 81.0 Å². The van der Waals surface area contributed by atoms with Crippen molar-refractivity contribution in [2.75, 3.05) is 13.2 Å². The highest BCUT2D eigenvalue weighted by Gasteiger charge is 2.42. The molecule has 2 nitrogen and oxygen atoms in total. The predicted molar refractivity (Wildman–Crippen MR) is 44.8 cm³/mol. The van der Waals surface area contributed by atoms with Crippen molar-refractivity contribution in [2.45, 2.75) is 25.1 Å². The second kappa shape index (κ2) is 5.02. The lowest BCUT2D eigenvalue weighted by Gasteiger charge is -2.28. The molecule has 0 aliphatic carbocycles. The Kier molecular flexibility index (Phi) is 5.02. The molecule has 0 spiro atoms. The molecule has 0 aromatic rings. The highest BCUT2D eigenvalue weighted by molar-refractivity contribution is 5.85. The normalized spacial score (nSPS) is 26.3. The molecule has 0 aromatic carbocycles. The molecule has 2 atom stereocenters. The predicted octanol–water partition coefficient (Wildman–Crippen LogP) is 1.72.